The summed E-state index contributed by atoms with van der Waals surface area (Å²) in [5.41, 5.74) is -1.12. The summed E-state index contributed by atoms with van der Waals surface area (Å²) in [6, 6.07) is 5.00. The lowest BCUT2D eigenvalue weighted by atomic mass is 9.95. The average molecular weight is 385 g/mol. The number of halogens is 3. The molecule has 2 heterocycles. The van der Waals surface area contributed by atoms with Gasteiger partial charge in [-0.1, -0.05) is 6.07 Å². The molecule has 0 aliphatic carbocycles. The predicted molar refractivity (Wildman–Crippen MR) is 84.1 cm³/mol. The number of aliphatic hydroxyl groups is 1. The summed E-state index contributed by atoms with van der Waals surface area (Å²) in [6.07, 6.45) is -5.98. The minimum atomic E-state index is -4.55. The van der Waals surface area contributed by atoms with Crippen molar-refractivity contribution in [2.75, 3.05) is 12.3 Å². The number of thiophene rings is 2. The van der Waals surface area contributed by atoms with Crippen molar-refractivity contribution in [1.29, 1.82) is 0 Å². The molecule has 2 aromatic heterocycles. The highest BCUT2D eigenvalue weighted by atomic mass is 32.2. The number of hydrogen-bond donors (Lipinski definition) is 2. The second-order valence-corrected chi connectivity index (χ2v) is 8.51. The van der Waals surface area contributed by atoms with Crippen molar-refractivity contribution >= 4 is 32.7 Å². The highest BCUT2D eigenvalue weighted by Gasteiger charge is 2.35. The maximum atomic E-state index is 12.2. The lowest BCUT2D eigenvalue weighted by molar-refractivity contribution is -0.129. The van der Waals surface area contributed by atoms with Crippen LogP contribution in [-0.4, -0.2) is 32.0 Å². The fraction of sp³-hybridized carbons (Fsp3) is 0.385. The molecule has 0 spiro atoms. The first-order valence-corrected chi connectivity index (χ1v) is 9.93. The largest absolute Gasteiger partial charge is 0.390 e. The van der Waals surface area contributed by atoms with E-state index < -0.39 is 40.5 Å². The van der Waals surface area contributed by atoms with Crippen LogP contribution in [0.3, 0.4) is 0 Å². The van der Waals surface area contributed by atoms with E-state index in [0.29, 0.717) is 10.4 Å². The zero-order valence-corrected chi connectivity index (χ0v) is 14.2. The van der Waals surface area contributed by atoms with E-state index in [9.17, 15) is 26.7 Å². The van der Waals surface area contributed by atoms with Crippen LogP contribution in [0.5, 0.6) is 0 Å². The van der Waals surface area contributed by atoms with Gasteiger partial charge < -0.3 is 5.11 Å². The van der Waals surface area contributed by atoms with Crippen LogP contribution in [0.15, 0.2) is 34.3 Å². The molecule has 0 unspecified atom stereocenters. The molecule has 0 radical (unpaired) electrons. The molecule has 0 saturated heterocycles. The predicted octanol–water partition coefficient (Wildman–Crippen LogP) is 2.92. The van der Waals surface area contributed by atoms with Crippen LogP contribution in [0.1, 0.15) is 16.9 Å². The molecule has 0 aromatic carbocycles. The van der Waals surface area contributed by atoms with E-state index >= 15 is 0 Å². The Kier molecular flexibility index (Phi) is 5.52. The molecule has 4 nitrogen and oxygen atoms in total. The van der Waals surface area contributed by atoms with Gasteiger partial charge in [-0.15, -0.1) is 11.3 Å². The van der Waals surface area contributed by atoms with Gasteiger partial charge in [0.2, 0.25) is 10.0 Å². The second-order valence-electron chi connectivity index (χ2n) is 4.85. The van der Waals surface area contributed by atoms with Gasteiger partial charge in [-0.2, -0.15) is 24.5 Å². The standard InChI is InChI=1S/C13H14F3NO3S3/c14-13(15,16)4-7-23(19,20)17-9-12(18,10-3-6-21-8-10)11-2-1-5-22-11/h1-3,5-6,8,17-18H,4,7,9H2/t12-/m1/s1. The fourth-order valence-corrected chi connectivity index (χ4v) is 4.52. The van der Waals surface area contributed by atoms with Gasteiger partial charge in [-0.25, -0.2) is 13.1 Å². The van der Waals surface area contributed by atoms with Crippen LogP contribution in [0, 0.1) is 0 Å². The summed E-state index contributed by atoms with van der Waals surface area (Å²) < 4.78 is 62.1. The highest BCUT2D eigenvalue weighted by molar-refractivity contribution is 7.89. The van der Waals surface area contributed by atoms with Crippen LogP contribution < -0.4 is 4.72 Å². The third-order valence-corrected chi connectivity index (χ3v) is 6.16. The molecule has 0 fully saturated rings. The van der Waals surface area contributed by atoms with Crippen LogP contribution in [0.25, 0.3) is 0 Å². The van der Waals surface area contributed by atoms with Crippen molar-refractivity contribution in [2.24, 2.45) is 0 Å². The molecule has 2 rings (SSSR count). The first kappa shape index (κ1) is 18.4. The zero-order valence-electron chi connectivity index (χ0n) is 11.7. The SMILES string of the molecule is O=S(=O)(CCC(F)(F)F)NC[C@@](O)(c1ccsc1)c1cccs1. The minimum Gasteiger partial charge on any atom is -0.378 e. The lowest BCUT2D eigenvalue weighted by Crippen LogP contribution is -2.42. The maximum absolute atomic E-state index is 12.2. The second kappa shape index (κ2) is 6.89. The number of hydrogen-bond acceptors (Lipinski definition) is 5. The quantitative estimate of drug-likeness (QED) is 0.770. The summed E-state index contributed by atoms with van der Waals surface area (Å²) in [4.78, 5) is 0.509. The Morgan fingerprint density at radius 3 is 2.48 bits per heavy atom. The van der Waals surface area contributed by atoms with Gasteiger partial charge in [0.1, 0.15) is 5.60 Å². The fourth-order valence-electron chi connectivity index (χ4n) is 1.88. The van der Waals surface area contributed by atoms with Crippen molar-refractivity contribution in [1.82, 2.24) is 4.72 Å². The van der Waals surface area contributed by atoms with E-state index in [1.165, 1.54) is 22.7 Å². The van der Waals surface area contributed by atoms with Crippen molar-refractivity contribution in [3.05, 3.63) is 44.8 Å². The third-order valence-electron chi connectivity index (χ3n) is 3.13. The number of nitrogens with one attached hydrogen (secondary N) is 1. The maximum Gasteiger partial charge on any atom is 0.390 e. The topological polar surface area (TPSA) is 66.4 Å². The van der Waals surface area contributed by atoms with Crippen molar-refractivity contribution in [3.63, 3.8) is 0 Å². The molecule has 10 heteroatoms. The number of rotatable bonds is 7. The summed E-state index contributed by atoms with van der Waals surface area (Å²) in [5.74, 6) is -1.07. The molecule has 0 aliphatic rings. The summed E-state index contributed by atoms with van der Waals surface area (Å²) in [5, 5.41) is 16.0. The van der Waals surface area contributed by atoms with Gasteiger partial charge in [0.25, 0.3) is 0 Å². The van der Waals surface area contributed by atoms with Crippen LogP contribution >= 0.6 is 22.7 Å². The number of alkyl halides is 3. The molecule has 0 bridgehead atoms. The van der Waals surface area contributed by atoms with E-state index in [1.54, 1.807) is 34.3 Å². The van der Waals surface area contributed by atoms with Gasteiger partial charge in [0, 0.05) is 17.0 Å². The Balaban J connectivity index is 2.14. The molecule has 2 aromatic rings. The smallest absolute Gasteiger partial charge is 0.378 e. The molecule has 2 N–H and O–H groups in total. The molecule has 0 saturated carbocycles. The van der Waals surface area contributed by atoms with Crippen LogP contribution in [0.2, 0.25) is 0 Å². The van der Waals surface area contributed by atoms with Crippen molar-refractivity contribution in [2.45, 2.75) is 18.2 Å². The summed E-state index contributed by atoms with van der Waals surface area (Å²) >= 11 is 2.57. The monoisotopic (exact) mass is 385 g/mol. The van der Waals surface area contributed by atoms with Crippen molar-refractivity contribution < 1.29 is 26.7 Å². The molecular formula is C13H14F3NO3S3. The minimum absolute atomic E-state index is 0.426. The lowest BCUT2D eigenvalue weighted by Gasteiger charge is -2.27. The van der Waals surface area contributed by atoms with Gasteiger partial charge >= 0.3 is 6.18 Å². The average Bonchev–Trinajstić information content (AvgIpc) is 3.14. The van der Waals surface area contributed by atoms with Crippen molar-refractivity contribution in [3.8, 4) is 0 Å². The highest BCUT2D eigenvalue weighted by Crippen LogP contribution is 2.33. The third kappa shape index (κ3) is 5.01. The Morgan fingerprint density at radius 2 is 1.96 bits per heavy atom. The van der Waals surface area contributed by atoms with E-state index in [4.69, 9.17) is 0 Å². The Bertz CT molecular complexity index is 675. The van der Waals surface area contributed by atoms with E-state index in [1.807, 2.05) is 0 Å². The molecular weight excluding hydrogens is 371 g/mol. The summed E-state index contributed by atoms with van der Waals surface area (Å²) in [6.45, 7) is -0.426. The van der Waals surface area contributed by atoms with Crippen LogP contribution in [-0.2, 0) is 15.6 Å². The van der Waals surface area contributed by atoms with Gasteiger partial charge in [0.15, 0.2) is 0 Å². The van der Waals surface area contributed by atoms with Gasteiger partial charge in [-0.3, -0.25) is 0 Å². The van der Waals surface area contributed by atoms with E-state index in [2.05, 4.69) is 4.72 Å². The van der Waals surface area contributed by atoms with Crippen LogP contribution in [0.4, 0.5) is 13.2 Å². The first-order valence-electron chi connectivity index (χ1n) is 6.45. The molecule has 0 amide bonds. The Hall–Kier alpha value is -0.940. The van der Waals surface area contributed by atoms with Gasteiger partial charge in [-0.05, 0) is 28.3 Å². The van der Waals surface area contributed by atoms with Gasteiger partial charge in [0.05, 0.1) is 12.2 Å². The normalized spacial score (nSPS) is 15.5. The molecule has 128 valence electrons. The summed E-state index contributed by atoms with van der Waals surface area (Å²) in [7, 11) is -4.15. The molecule has 1 atom stereocenters. The van der Waals surface area contributed by atoms with E-state index in [0.717, 1.165) is 0 Å². The molecule has 0 aliphatic heterocycles. The zero-order chi connectivity index (χ0) is 17.1. The Morgan fingerprint density at radius 1 is 1.22 bits per heavy atom. The Labute approximate surface area is 139 Å². The number of sulfonamides is 1. The molecule has 23 heavy (non-hydrogen) atoms. The first-order chi connectivity index (χ1) is 10.6. The van der Waals surface area contributed by atoms with E-state index in [-0.39, 0.29) is 0 Å².